The van der Waals surface area contributed by atoms with Crippen molar-refractivity contribution in [3.05, 3.63) is 35.6 Å². The van der Waals surface area contributed by atoms with Gasteiger partial charge in [0.15, 0.2) is 5.76 Å². The summed E-state index contributed by atoms with van der Waals surface area (Å²) in [7, 11) is 0. The first-order valence-corrected chi connectivity index (χ1v) is 5.97. The van der Waals surface area contributed by atoms with Crippen LogP contribution >= 0.6 is 0 Å². The van der Waals surface area contributed by atoms with E-state index < -0.39 is 5.92 Å². The van der Waals surface area contributed by atoms with E-state index in [1.807, 2.05) is 45.0 Å². The van der Waals surface area contributed by atoms with E-state index >= 15 is 0 Å². The van der Waals surface area contributed by atoms with Crippen LogP contribution in [0.3, 0.4) is 0 Å². The molecule has 0 fully saturated rings. The smallest absolute Gasteiger partial charge is 0.215 e. The lowest BCUT2D eigenvalue weighted by atomic mass is 9.92. The van der Waals surface area contributed by atoms with Gasteiger partial charge in [-0.3, -0.25) is 4.79 Å². The lowest BCUT2D eigenvalue weighted by Gasteiger charge is -2.08. The molecule has 0 spiro atoms. The SMILES string of the molecule is Cc1ccc2oc(C(=O)C(C#N)C(C)C)cc2c1. The molecular formula is C15H15NO2. The van der Waals surface area contributed by atoms with Gasteiger partial charge in [-0.25, -0.2) is 0 Å². The second-order valence-corrected chi connectivity index (χ2v) is 4.87. The normalized spacial score (nSPS) is 12.6. The number of aryl methyl sites for hydroxylation is 1. The molecule has 1 heterocycles. The molecule has 2 aromatic rings. The van der Waals surface area contributed by atoms with Crippen LogP contribution in [0, 0.1) is 30.1 Å². The number of furan rings is 1. The van der Waals surface area contributed by atoms with Crippen LogP contribution in [0.4, 0.5) is 0 Å². The van der Waals surface area contributed by atoms with Crippen LogP contribution in [-0.4, -0.2) is 5.78 Å². The predicted molar refractivity (Wildman–Crippen MR) is 69.2 cm³/mol. The van der Waals surface area contributed by atoms with Crippen LogP contribution in [0.2, 0.25) is 0 Å². The van der Waals surface area contributed by atoms with Gasteiger partial charge < -0.3 is 4.42 Å². The molecule has 1 aromatic heterocycles. The molecular weight excluding hydrogens is 226 g/mol. The van der Waals surface area contributed by atoms with E-state index in [-0.39, 0.29) is 17.5 Å². The summed E-state index contributed by atoms with van der Waals surface area (Å²) in [5.41, 5.74) is 1.80. The summed E-state index contributed by atoms with van der Waals surface area (Å²) < 4.78 is 5.52. The third-order valence-corrected chi connectivity index (χ3v) is 3.00. The van der Waals surface area contributed by atoms with Crippen LogP contribution in [0.15, 0.2) is 28.7 Å². The maximum Gasteiger partial charge on any atom is 0.215 e. The van der Waals surface area contributed by atoms with Crippen LogP contribution < -0.4 is 0 Å². The van der Waals surface area contributed by atoms with E-state index in [9.17, 15) is 4.79 Å². The minimum Gasteiger partial charge on any atom is -0.453 e. The number of rotatable bonds is 3. The van der Waals surface area contributed by atoms with Crippen LogP contribution in [-0.2, 0) is 0 Å². The van der Waals surface area contributed by atoms with Gasteiger partial charge in [0.1, 0.15) is 11.5 Å². The third kappa shape index (κ3) is 2.14. The summed E-state index contributed by atoms with van der Waals surface area (Å²) in [5.74, 6) is -0.624. The largest absolute Gasteiger partial charge is 0.453 e. The lowest BCUT2D eigenvalue weighted by molar-refractivity contribution is 0.0898. The van der Waals surface area contributed by atoms with Gasteiger partial charge in [-0.15, -0.1) is 0 Å². The van der Waals surface area contributed by atoms with E-state index in [0.29, 0.717) is 5.58 Å². The highest BCUT2D eigenvalue weighted by Gasteiger charge is 2.25. The Morgan fingerprint density at radius 3 is 2.67 bits per heavy atom. The fraction of sp³-hybridized carbons (Fsp3) is 0.333. The van der Waals surface area contributed by atoms with E-state index in [4.69, 9.17) is 9.68 Å². The maximum atomic E-state index is 12.2. The van der Waals surface area contributed by atoms with Crippen molar-refractivity contribution >= 4 is 16.8 Å². The van der Waals surface area contributed by atoms with Crippen molar-refractivity contribution in [3.63, 3.8) is 0 Å². The molecule has 0 N–H and O–H groups in total. The highest BCUT2D eigenvalue weighted by atomic mass is 16.3. The molecule has 0 amide bonds. The highest BCUT2D eigenvalue weighted by molar-refractivity contribution is 6.00. The highest BCUT2D eigenvalue weighted by Crippen LogP contribution is 2.24. The summed E-state index contributed by atoms with van der Waals surface area (Å²) in [6.07, 6.45) is 0. The van der Waals surface area contributed by atoms with Gasteiger partial charge in [0, 0.05) is 5.39 Å². The van der Waals surface area contributed by atoms with Crippen LogP contribution in [0.1, 0.15) is 30.0 Å². The van der Waals surface area contributed by atoms with Gasteiger partial charge in [0.05, 0.1) is 6.07 Å². The first-order chi connectivity index (χ1) is 8.52. The maximum absolute atomic E-state index is 12.2. The van der Waals surface area contributed by atoms with E-state index in [1.54, 1.807) is 6.07 Å². The fourth-order valence-corrected chi connectivity index (χ4v) is 1.95. The van der Waals surface area contributed by atoms with Crippen molar-refractivity contribution in [2.24, 2.45) is 11.8 Å². The Labute approximate surface area is 106 Å². The Morgan fingerprint density at radius 2 is 2.06 bits per heavy atom. The van der Waals surface area contributed by atoms with Crippen molar-refractivity contribution in [2.45, 2.75) is 20.8 Å². The summed E-state index contributed by atoms with van der Waals surface area (Å²) >= 11 is 0. The fourth-order valence-electron chi connectivity index (χ4n) is 1.95. The molecule has 92 valence electrons. The van der Waals surface area contributed by atoms with Crippen molar-refractivity contribution in [2.75, 3.05) is 0 Å². The zero-order valence-electron chi connectivity index (χ0n) is 10.7. The van der Waals surface area contributed by atoms with Crippen LogP contribution in [0.25, 0.3) is 11.0 Å². The number of carbonyl (C=O) groups excluding carboxylic acids is 1. The molecule has 0 aliphatic heterocycles. The molecule has 1 atom stereocenters. The van der Waals surface area contributed by atoms with E-state index in [2.05, 4.69) is 0 Å². The van der Waals surface area contributed by atoms with Crippen molar-refractivity contribution in [1.82, 2.24) is 0 Å². The molecule has 0 radical (unpaired) electrons. The first kappa shape index (κ1) is 12.4. The number of hydrogen-bond donors (Lipinski definition) is 0. The molecule has 0 saturated heterocycles. The monoisotopic (exact) mass is 241 g/mol. The number of hydrogen-bond acceptors (Lipinski definition) is 3. The Kier molecular flexibility index (Phi) is 3.20. The minimum atomic E-state index is -0.647. The number of carbonyl (C=O) groups is 1. The number of benzene rings is 1. The Balaban J connectivity index is 2.43. The molecule has 0 aliphatic rings. The average Bonchev–Trinajstić information content (AvgIpc) is 2.72. The van der Waals surface area contributed by atoms with E-state index in [1.165, 1.54) is 0 Å². The third-order valence-electron chi connectivity index (χ3n) is 3.00. The molecule has 1 unspecified atom stereocenters. The molecule has 0 saturated carbocycles. The molecule has 1 aromatic carbocycles. The number of ketones is 1. The topological polar surface area (TPSA) is 54.0 Å². The molecule has 2 rings (SSSR count). The summed E-state index contributed by atoms with van der Waals surface area (Å²) in [6.45, 7) is 5.71. The summed E-state index contributed by atoms with van der Waals surface area (Å²) in [4.78, 5) is 12.2. The Morgan fingerprint density at radius 1 is 1.33 bits per heavy atom. The molecule has 3 heteroatoms. The van der Waals surface area contributed by atoms with Crippen molar-refractivity contribution < 1.29 is 9.21 Å². The van der Waals surface area contributed by atoms with Gasteiger partial charge in [-0.2, -0.15) is 5.26 Å². The second-order valence-electron chi connectivity index (χ2n) is 4.87. The number of Topliss-reactive ketones (excluding diaryl/α,β-unsaturated/α-hetero) is 1. The standard InChI is InChI=1S/C15H15NO2/c1-9(2)12(8-16)15(17)14-7-11-6-10(3)4-5-13(11)18-14/h4-7,9,12H,1-3H3. The van der Waals surface area contributed by atoms with Crippen LogP contribution in [0.5, 0.6) is 0 Å². The number of fused-ring (bicyclic) bond motifs is 1. The second kappa shape index (κ2) is 4.66. The minimum absolute atomic E-state index is 0.0163. The van der Waals surface area contributed by atoms with Gasteiger partial charge in [-0.1, -0.05) is 25.5 Å². The predicted octanol–water partition coefficient (Wildman–Crippen LogP) is 3.72. The summed E-state index contributed by atoms with van der Waals surface area (Å²) in [5, 5.41) is 9.94. The lowest BCUT2D eigenvalue weighted by Crippen LogP contribution is -2.18. The zero-order valence-corrected chi connectivity index (χ0v) is 10.7. The number of nitrogens with zero attached hydrogens (tertiary/aromatic N) is 1. The average molecular weight is 241 g/mol. The Hall–Kier alpha value is -2.08. The first-order valence-electron chi connectivity index (χ1n) is 5.97. The zero-order chi connectivity index (χ0) is 13.3. The molecule has 3 nitrogen and oxygen atoms in total. The molecule has 18 heavy (non-hydrogen) atoms. The van der Waals surface area contributed by atoms with Gasteiger partial charge in [0.25, 0.3) is 0 Å². The molecule has 0 bridgehead atoms. The quantitative estimate of drug-likeness (QED) is 0.769. The van der Waals surface area contributed by atoms with Gasteiger partial charge >= 0.3 is 0 Å². The van der Waals surface area contributed by atoms with Crippen molar-refractivity contribution in [1.29, 1.82) is 5.26 Å². The number of nitriles is 1. The van der Waals surface area contributed by atoms with Gasteiger partial charge in [0.2, 0.25) is 5.78 Å². The Bertz CT molecular complexity index is 631. The van der Waals surface area contributed by atoms with Gasteiger partial charge in [-0.05, 0) is 31.0 Å². The summed E-state index contributed by atoms with van der Waals surface area (Å²) in [6, 6.07) is 9.51. The van der Waals surface area contributed by atoms with Crippen molar-refractivity contribution in [3.8, 4) is 6.07 Å². The van der Waals surface area contributed by atoms with E-state index in [0.717, 1.165) is 10.9 Å². The molecule has 0 aliphatic carbocycles.